The molecule has 62 valence electrons. The number of carbonyl (C=O) groups is 1. The lowest BCUT2D eigenvalue weighted by Crippen LogP contribution is -2.11. The molecule has 1 aliphatic heterocycles. The minimum atomic E-state index is -3.24. The first-order valence-corrected chi connectivity index (χ1v) is 5.67. The molecule has 0 spiro atoms. The molecule has 0 saturated carbocycles. The van der Waals surface area contributed by atoms with Gasteiger partial charge in [-0.15, -0.1) is 0 Å². The summed E-state index contributed by atoms with van der Waals surface area (Å²) < 4.78 is 22.1. The van der Waals surface area contributed by atoms with Crippen LogP contribution in [0.5, 0.6) is 0 Å². The summed E-state index contributed by atoms with van der Waals surface area (Å²) in [6.07, 6.45) is 0. The Morgan fingerprint density at radius 1 is 1.64 bits per heavy atom. The minimum Gasteiger partial charge on any atom is -0.272 e. The minimum absolute atomic E-state index is 0.00606. The summed E-state index contributed by atoms with van der Waals surface area (Å²) in [4.78, 5) is 13.9. The number of sulfone groups is 1. The molecule has 11 heavy (non-hydrogen) atoms. The highest BCUT2D eigenvalue weighted by atomic mass is 32.3. The Bertz CT molecular complexity index is 304. The summed E-state index contributed by atoms with van der Waals surface area (Å²) in [7, 11) is -3.24. The van der Waals surface area contributed by atoms with E-state index in [0.717, 1.165) is 11.8 Å². The number of thioether (sulfide) groups is 1. The molecule has 0 aliphatic carbocycles. The second-order valence-electron chi connectivity index (χ2n) is 1.96. The van der Waals surface area contributed by atoms with Gasteiger partial charge in [-0.25, -0.2) is 8.42 Å². The van der Waals surface area contributed by atoms with Crippen LogP contribution in [0, 0.1) is 0 Å². The van der Waals surface area contributed by atoms with Crippen LogP contribution in [0.1, 0.15) is 6.92 Å². The topological polar surface area (TPSA) is 63.6 Å². The molecule has 1 heterocycles. The monoisotopic (exact) mass is 193 g/mol. The van der Waals surface area contributed by atoms with Gasteiger partial charge in [-0.05, 0) is 0 Å². The van der Waals surface area contributed by atoms with Gasteiger partial charge >= 0.3 is 0 Å². The van der Waals surface area contributed by atoms with E-state index >= 15 is 0 Å². The van der Waals surface area contributed by atoms with Crippen LogP contribution in [-0.2, 0) is 14.6 Å². The van der Waals surface area contributed by atoms with E-state index in [9.17, 15) is 13.2 Å². The highest BCUT2D eigenvalue weighted by Gasteiger charge is 2.25. The normalized spacial score (nSPS) is 18.6. The Hall–Kier alpha value is -0.360. The zero-order chi connectivity index (χ0) is 8.48. The van der Waals surface area contributed by atoms with E-state index in [4.69, 9.17) is 0 Å². The molecule has 6 heteroatoms. The van der Waals surface area contributed by atoms with Crippen molar-refractivity contribution in [3.05, 3.63) is 0 Å². The number of rotatable bonds is 1. The first kappa shape index (κ1) is 8.73. The lowest BCUT2D eigenvalue weighted by atomic mass is 10.8. The lowest BCUT2D eigenvalue weighted by Gasteiger charge is -1.95. The molecule has 1 aliphatic rings. The molecular formula is C5H7NO3S2. The molecule has 0 unspecified atom stereocenters. The van der Waals surface area contributed by atoms with Gasteiger partial charge in [-0.3, -0.25) is 4.79 Å². The standard InChI is InChI=1S/C5H7NO3S2/c1-2-11(8,9)5-6-4(7)3-10-5/h2-3H2,1H3. The molecule has 0 bridgehead atoms. The molecule has 0 aromatic rings. The van der Waals surface area contributed by atoms with Gasteiger partial charge in [0.05, 0.1) is 11.5 Å². The Kier molecular flexibility index (Phi) is 2.34. The maximum Gasteiger partial charge on any atom is 0.257 e. The van der Waals surface area contributed by atoms with Crippen molar-refractivity contribution >= 4 is 31.9 Å². The van der Waals surface area contributed by atoms with E-state index in [1.54, 1.807) is 0 Å². The molecule has 0 aromatic carbocycles. The number of carbonyl (C=O) groups excluding carboxylic acids is 1. The predicted molar refractivity (Wildman–Crippen MR) is 44.4 cm³/mol. The fourth-order valence-corrected chi connectivity index (χ4v) is 2.79. The predicted octanol–water partition coefficient (Wildman–Crippen LogP) is 0.0505. The molecule has 1 amide bonds. The van der Waals surface area contributed by atoms with Gasteiger partial charge in [0, 0.05) is 0 Å². The molecule has 0 atom stereocenters. The van der Waals surface area contributed by atoms with Crippen LogP contribution in [0.25, 0.3) is 0 Å². The van der Waals surface area contributed by atoms with Gasteiger partial charge < -0.3 is 0 Å². The molecular weight excluding hydrogens is 186 g/mol. The smallest absolute Gasteiger partial charge is 0.257 e. The molecule has 0 saturated heterocycles. The Morgan fingerprint density at radius 2 is 2.27 bits per heavy atom. The summed E-state index contributed by atoms with van der Waals surface area (Å²) in [5.41, 5.74) is 0. The van der Waals surface area contributed by atoms with Gasteiger partial charge in [-0.2, -0.15) is 4.99 Å². The van der Waals surface area contributed by atoms with E-state index in [2.05, 4.69) is 4.99 Å². The largest absolute Gasteiger partial charge is 0.272 e. The zero-order valence-corrected chi connectivity index (χ0v) is 7.54. The Morgan fingerprint density at radius 3 is 2.64 bits per heavy atom. The summed E-state index contributed by atoms with van der Waals surface area (Å²) in [6.45, 7) is 1.53. The molecule has 0 aromatic heterocycles. The number of aliphatic imine (C=N–C) groups is 1. The Labute approximate surface area is 69.0 Å². The first-order chi connectivity index (χ1) is 5.06. The third-order valence-electron chi connectivity index (χ3n) is 1.18. The van der Waals surface area contributed by atoms with Gasteiger partial charge in [-0.1, -0.05) is 18.7 Å². The molecule has 0 fully saturated rings. The molecule has 4 nitrogen and oxygen atoms in total. The van der Waals surface area contributed by atoms with Crippen LogP contribution in [-0.4, -0.2) is 30.2 Å². The summed E-state index contributed by atoms with van der Waals surface area (Å²) >= 11 is 0.994. The SMILES string of the molecule is CCS(=O)(=O)C1=NC(=O)CS1. The van der Waals surface area contributed by atoms with Crippen LogP contribution in [0.2, 0.25) is 0 Å². The van der Waals surface area contributed by atoms with E-state index in [1.165, 1.54) is 6.92 Å². The second kappa shape index (κ2) is 2.94. The van der Waals surface area contributed by atoms with Crippen LogP contribution in [0.15, 0.2) is 4.99 Å². The van der Waals surface area contributed by atoms with Gasteiger partial charge in [0.2, 0.25) is 9.84 Å². The Balaban J connectivity index is 2.94. The van der Waals surface area contributed by atoms with Crippen LogP contribution < -0.4 is 0 Å². The van der Waals surface area contributed by atoms with Crippen LogP contribution in [0.3, 0.4) is 0 Å². The third kappa shape index (κ3) is 1.81. The quantitative estimate of drug-likeness (QED) is 0.590. The molecule has 1 rings (SSSR count). The molecule has 0 radical (unpaired) electrons. The summed E-state index contributed by atoms with van der Waals surface area (Å²) in [5.74, 6) is -0.192. The van der Waals surface area contributed by atoms with Crippen molar-refractivity contribution in [1.29, 1.82) is 0 Å². The second-order valence-corrected chi connectivity index (χ2v) is 5.38. The fraction of sp³-hybridized carbons (Fsp3) is 0.600. The average Bonchev–Trinajstić information content (AvgIpc) is 2.36. The van der Waals surface area contributed by atoms with E-state index in [1.807, 2.05) is 0 Å². The van der Waals surface area contributed by atoms with Crippen molar-refractivity contribution in [2.45, 2.75) is 6.92 Å². The average molecular weight is 193 g/mol. The van der Waals surface area contributed by atoms with Gasteiger partial charge in [0.1, 0.15) is 0 Å². The lowest BCUT2D eigenvalue weighted by molar-refractivity contribution is -0.115. The number of hydrogen-bond donors (Lipinski definition) is 0. The van der Waals surface area contributed by atoms with Crippen molar-refractivity contribution in [3.8, 4) is 0 Å². The highest BCUT2D eigenvalue weighted by molar-refractivity contribution is 8.36. The number of hydrogen-bond acceptors (Lipinski definition) is 4. The van der Waals surface area contributed by atoms with Crippen molar-refractivity contribution in [2.75, 3.05) is 11.5 Å². The zero-order valence-electron chi connectivity index (χ0n) is 5.90. The first-order valence-electron chi connectivity index (χ1n) is 3.03. The number of amides is 1. The maximum absolute atomic E-state index is 11.0. The third-order valence-corrected chi connectivity index (χ3v) is 4.41. The van der Waals surface area contributed by atoms with E-state index in [0.29, 0.717) is 0 Å². The van der Waals surface area contributed by atoms with Gasteiger partial charge in [0.15, 0.2) is 4.38 Å². The van der Waals surface area contributed by atoms with Crippen molar-refractivity contribution in [2.24, 2.45) is 4.99 Å². The van der Waals surface area contributed by atoms with E-state index < -0.39 is 9.84 Å². The van der Waals surface area contributed by atoms with Crippen molar-refractivity contribution < 1.29 is 13.2 Å². The maximum atomic E-state index is 11.0. The van der Waals surface area contributed by atoms with Crippen LogP contribution in [0.4, 0.5) is 0 Å². The van der Waals surface area contributed by atoms with Crippen LogP contribution >= 0.6 is 11.8 Å². The van der Waals surface area contributed by atoms with Gasteiger partial charge in [0.25, 0.3) is 5.91 Å². The fourth-order valence-electron chi connectivity index (χ4n) is 0.573. The summed E-state index contributed by atoms with van der Waals surface area (Å²) in [6, 6.07) is 0. The van der Waals surface area contributed by atoms with Crippen molar-refractivity contribution in [3.63, 3.8) is 0 Å². The molecule has 0 N–H and O–H groups in total. The summed E-state index contributed by atoms with van der Waals surface area (Å²) in [5, 5.41) is 0. The van der Waals surface area contributed by atoms with Crippen molar-refractivity contribution in [1.82, 2.24) is 0 Å². The number of nitrogens with zero attached hydrogens (tertiary/aromatic N) is 1. The van der Waals surface area contributed by atoms with E-state index in [-0.39, 0.29) is 21.8 Å². The highest BCUT2D eigenvalue weighted by Crippen LogP contribution is 2.17.